The van der Waals surface area contributed by atoms with Gasteiger partial charge in [-0.25, -0.2) is 0 Å². The molecule has 270 valence electrons. The Morgan fingerprint density at radius 3 is 2.04 bits per heavy atom. The van der Waals surface area contributed by atoms with E-state index in [9.17, 15) is 24.0 Å². The third kappa shape index (κ3) is 11.7. The van der Waals surface area contributed by atoms with Gasteiger partial charge in [-0.15, -0.1) is 0 Å². The molecular weight excluding hydrogens is 648 g/mol. The van der Waals surface area contributed by atoms with E-state index in [1.54, 1.807) is 24.3 Å². The predicted octanol–water partition coefficient (Wildman–Crippen LogP) is 2.13. The van der Waals surface area contributed by atoms with E-state index in [1.807, 2.05) is 60.7 Å². The third-order valence-corrected chi connectivity index (χ3v) is 9.05. The molecule has 0 unspecified atom stereocenters. The van der Waals surface area contributed by atoms with Crippen molar-refractivity contribution in [3.63, 3.8) is 0 Å². The number of carbonyl (C=O) groups is 5. The van der Waals surface area contributed by atoms with E-state index in [-0.39, 0.29) is 37.5 Å². The number of amides is 5. The Kier molecular flexibility index (Phi) is 14.0. The van der Waals surface area contributed by atoms with Crippen LogP contribution in [0.25, 0.3) is 0 Å². The van der Waals surface area contributed by atoms with Crippen molar-refractivity contribution in [1.29, 1.82) is 0 Å². The fourth-order valence-corrected chi connectivity index (χ4v) is 6.29. The van der Waals surface area contributed by atoms with Gasteiger partial charge in [-0.1, -0.05) is 79.2 Å². The lowest BCUT2D eigenvalue weighted by Gasteiger charge is -2.27. The third-order valence-electron chi connectivity index (χ3n) is 9.05. The smallest absolute Gasteiger partial charge is 0.255 e. The molecule has 5 amide bonds. The Labute approximate surface area is 299 Å². The molecule has 12 heteroatoms. The number of benzene rings is 3. The van der Waals surface area contributed by atoms with Gasteiger partial charge in [-0.05, 0) is 55.6 Å². The van der Waals surface area contributed by atoms with Crippen molar-refractivity contribution >= 4 is 29.5 Å². The molecule has 5 N–H and O–H groups in total. The zero-order chi connectivity index (χ0) is 35.8. The molecule has 12 nitrogen and oxygen atoms in total. The van der Waals surface area contributed by atoms with Crippen molar-refractivity contribution < 1.29 is 28.7 Å². The number of para-hydroxylation sites is 1. The minimum atomic E-state index is -1.23. The molecule has 0 radical (unpaired) electrons. The highest BCUT2D eigenvalue weighted by Gasteiger charge is 2.31. The van der Waals surface area contributed by atoms with Crippen molar-refractivity contribution in [2.24, 2.45) is 0 Å². The second-order valence-corrected chi connectivity index (χ2v) is 13.0. The molecule has 2 heterocycles. The first-order valence-corrected chi connectivity index (χ1v) is 17.8. The molecular formula is C39H48N6O6. The highest BCUT2D eigenvalue weighted by Crippen LogP contribution is 2.19. The average molecular weight is 697 g/mol. The van der Waals surface area contributed by atoms with Gasteiger partial charge < -0.3 is 36.2 Å². The first-order valence-electron chi connectivity index (χ1n) is 17.8. The number of nitrogens with one attached hydrogen (secondary N) is 5. The van der Waals surface area contributed by atoms with Gasteiger partial charge in [0.05, 0.1) is 18.6 Å². The van der Waals surface area contributed by atoms with Crippen LogP contribution < -0.4 is 31.3 Å². The lowest BCUT2D eigenvalue weighted by atomic mass is 10.0. The van der Waals surface area contributed by atoms with Crippen LogP contribution in [0, 0.1) is 0 Å². The van der Waals surface area contributed by atoms with Gasteiger partial charge in [0.1, 0.15) is 23.9 Å². The average Bonchev–Trinajstić information content (AvgIpc) is 3.14. The van der Waals surface area contributed by atoms with E-state index >= 15 is 0 Å². The SMILES string of the molecule is O=C1C[C@@H](C(=O)NCCN2CCCCC2)NC(=O)c2ccccc2OCCCNC(=O)[C@H](Cc2ccccc2)NC(=O)[C@H](Cc2ccccc2)N1. The maximum atomic E-state index is 13.9. The Balaban J connectivity index is 1.40. The van der Waals surface area contributed by atoms with Crippen LogP contribution in [0.15, 0.2) is 84.9 Å². The molecule has 51 heavy (non-hydrogen) atoms. The molecule has 3 aromatic rings. The van der Waals surface area contributed by atoms with Crippen molar-refractivity contribution in [2.75, 3.05) is 39.3 Å². The topological polar surface area (TPSA) is 158 Å². The van der Waals surface area contributed by atoms with Gasteiger partial charge in [-0.2, -0.15) is 0 Å². The van der Waals surface area contributed by atoms with Crippen molar-refractivity contribution in [3.8, 4) is 5.75 Å². The summed E-state index contributed by atoms with van der Waals surface area (Å²) in [5, 5.41) is 14.2. The number of hydrogen-bond donors (Lipinski definition) is 5. The second-order valence-electron chi connectivity index (χ2n) is 13.0. The number of ether oxygens (including phenoxy) is 1. The van der Waals surface area contributed by atoms with Crippen molar-refractivity contribution in [2.45, 2.75) is 63.1 Å². The molecule has 0 aliphatic carbocycles. The van der Waals surface area contributed by atoms with Gasteiger partial charge in [-0.3, -0.25) is 24.0 Å². The van der Waals surface area contributed by atoms with Crippen LogP contribution in [0.3, 0.4) is 0 Å². The summed E-state index contributed by atoms with van der Waals surface area (Å²) in [7, 11) is 0. The molecule has 3 atom stereocenters. The van der Waals surface area contributed by atoms with Crippen LogP contribution in [0.4, 0.5) is 0 Å². The highest BCUT2D eigenvalue weighted by atomic mass is 16.5. The molecule has 5 rings (SSSR count). The summed E-state index contributed by atoms with van der Waals surface area (Å²) < 4.78 is 5.93. The summed E-state index contributed by atoms with van der Waals surface area (Å²) in [6.07, 6.45) is 3.82. The standard InChI is InChI=1S/C39H48N6O6/c46-35-27-33(38(49)41-20-23-45-21-10-3-11-22-45)43-36(47)30-17-8-9-18-34(30)51-24-12-19-40-37(48)31(25-28-13-4-1-5-14-28)44-39(50)32(42-35)26-29-15-6-2-7-16-29/h1-2,4-9,13-18,31-33H,3,10-12,19-27H2,(H,40,48)(H,41,49)(H,42,46)(H,43,47)(H,44,50)/t31-,32-,33-/m0/s1. The van der Waals surface area contributed by atoms with E-state index < -0.39 is 48.2 Å². The fraction of sp³-hybridized carbons (Fsp3) is 0.410. The molecule has 2 aliphatic heterocycles. The van der Waals surface area contributed by atoms with Gasteiger partial charge in [0.15, 0.2) is 0 Å². The van der Waals surface area contributed by atoms with Crippen molar-refractivity contribution in [1.82, 2.24) is 31.5 Å². The minimum Gasteiger partial charge on any atom is -0.493 e. The zero-order valence-corrected chi connectivity index (χ0v) is 28.9. The quantitative estimate of drug-likeness (QED) is 0.242. The number of carbonyl (C=O) groups excluding carboxylic acids is 5. The number of likely N-dealkylation sites (tertiary alicyclic amines) is 1. The number of hydrogen-bond acceptors (Lipinski definition) is 7. The Bertz CT molecular complexity index is 1610. The van der Waals surface area contributed by atoms with Crippen LogP contribution in [0.5, 0.6) is 5.75 Å². The molecule has 2 aliphatic rings. The zero-order valence-electron chi connectivity index (χ0n) is 28.9. The molecule has 0 spiro atoms. The van der Waals surface area contributed by atoms with Gasteiger partial charge in [0.25, 0.3) is 5.91 Å². The normalized spacial score (nSPS) is 21.3. The van der Waals surface area contributed by atoms with E-state index in [2.05, 4.69) is 31.5 Å². The number of fused-ring (bicyclic) bond motifs is 1. The van der Waals surface area contributed by atoms with Crippen LogP contribution in [0.1, 0.15) is 53.6 Å². The van der Waals surface area contributed by atoms with E-state index in [0.717, 1.165) is 37.1 Å². The van der Waals surface area contributed by atoms with E-state index in [0.29, 0.717) is 25.3 Å². The number of piperidine rings is 1. The summed E-state index contributed by atoms with van der Waals surface area (Å²) in [5.41, 5.74) is 1.85. The Morgan fingerprint density at radius 2 is 1.35 bits per heavy atom. The summed E-state index contributed by atoms with van der Waals surface area (Å²) in [4.78, 5) is 70.6. The van der Waals surface area contributed by atoms with Crippen LogP contribution in [-0.4, -0.2) is 91.9 Å². The monoisotopic (exact) mass is 696 g/mol. The molecule has 1 fully saturated rings. The van der Waals surface area contributed by atoms with Crippen molar-refractivity contribution in [3.05, 3.63) is 102 Å². The Hall–Kier alpha value is -5.23. The maximum absolute atomic E-state index is 13.9. The predicted molar refractivity (Wildman–Crippen MR) is 193 cm³/mol. The minimum absolute atomic E-state index is 0.141. The summed E-state index contributed by atoms with van der Waals surface area (Å²) in [5.74, 6) is -2.31. The molecule has 0 bridgehead atoms. The lowest BCUT2D eigenvalue weighted by Crippen LogP contribution is -2.56. The summed E-state index contributed by atoms with van der Waals surface area (Å²) in [6, 6.07) is 22.0. The summed E-state index contributed by atoms with van der Waals surface area (Å²) in [6.45, 7) is 3.41. The van der Waals surface area contributed by atoms with Crippen LogP contribution >= 0.6 is 0 Å². The van der Waals surface area contributed by atoms with E-state index in [1.165, 1.54) is 6.42 Å². The Morgan fingerprint density at radius 1 is 0.725 bits per heavy atom. The van der Waals surface area contributed by atoms with E-state index in [4.69, 9.17) is 4.74 Å². The maximum Gasteiger partial charge on any atom is 0.255 e. The molecule has 1 saturated heterocycles. The van der Waals surface area contributed by atoms with Gasteiger partial charge >= 0.3 is 0 Å². The first kappa shape index (κ1) is 37.0. The van der Waals surface area contributed by atoms with Crippen LogP contribution in [-0.2, 0) is 32.0 Å². The first-order chi connectivity index (χ1) is 24.9. The van der Waals surface area contributed by atoms with Gasteiger partial charge in [0.2, 0.25) is 23.6 Å². The highest BCUT2D eigenvalue weighted by molar-refractivity contribution is 6.01. The van der Waals surface area contributed by atoms with Gasteiger partial charge in [0, 0.05) is 32.5 Å². The number of nitrogens with zero attached hydrogens (tertiary/aromatic N) is 1. The lowest BCUT2D eigenvalue weighted by molar-refractivity contribution is -0.133. The molecule has 0 aromatic heterocycles. The molecule has 0 saturated carbocycles. The number of rotatable bonds is 8. The fourth-order valence-electron chi connectivity index (χ4n) is 6.29. The summed E-state index contributed by atoms with van der Waals surface area (Å²) >= 11 is 0. The second kappa shape index (κ2) is 19.2. The van der Waals surface area contributed by atoms with Crippen LogP contribution in [0.2, 0.25) is 0 Å². The largest absolute Gasteiger partial charge is 0.493 e. The molecule has 3 aromatic carbocycles.